The highest BCUT2D eigenvalue weighted by Crippen LogP contribution is 2.22. The summed E-state index contributed by atoms with van der Waals surface area (Å²) in [6.45, 7) is 0.676. The Bertz CT molecular complexity index is 686. The number of carboxylic acid groups (broad SMARTS) is 1. The molecule has 6 nitrogen and oxygen atoms in total. The average Bonchev–Trinajstić information content (AvgIpc) is 2.65. The molecule has 1 atom stereocenters. The van der Waals surface area contributed by atoms with Gasteiger partial charge in [0, 0.05) is 13.0 Å². The molecule has 0 fully saturated rings. The normalized spacial score (nSPS) is 12.1. The molecule has 0 saturated heterocycles. The molecule has 1 amide bonds. The number of carbonyl (C=O) groups is 2. The van der Waals surface area contributed by atoms with Crippen LogP contribution in [0.2, 0.25) is 0 Å². The molecule has 1 unspecified atom stereocenters. The van der Waals surface area contributed by atoms with E-state index in [9.17, 15) is 22.8 Å². The van der Waals surface area contributed by atoms with Crippen molar-refractivity contribution in [2.24, 2.45) is 0 Å². The molecule has 9 heteroatoms. The Morgan fingerprint density at radius 3 is 2.30 bits per heavy atom. The number of halogens is 3. The first-order valence-corrected chi connectivity index (χ1v) is 10.1. The van der Waals surface area contributed by atoms with Crippen molar-refractivity contribution in [3.05, 3.63) is 29.6 Å². The van der Waals surface area contributed by atoms with Gasteiger partial charge >= 0.3 is 5.97 Å². The van der Waals surface area contributed by atoms with Crippen LogP contribution in [0, 0.1) is 17.5 Å². The predicted octanol–water partition coefficient (Wildman–Crippen LogP) is 3.73. The molecule has 0 aliphatic rings. The Kier molecular flexibility index (Phi) is 11.9. The third kappa shape index (κ3) is 10.5. The second-order valence-electron chi connectivity index (χ2n) is 7.52. The van der Waals surface area contributed by atoms with Gasteiger partial charge in [-0.25, -0.2) is 8.78 Å². The number of amides is 1. The van der Waals surface area contributed by atoms with Crippen LogP contribution in [0.4, 0.5) is 13.2 Å². The lowest BCUT2D eigenvalue weighted by atomic mass is 10.1. The molecule has 2 N–H and O–H groups in total. The van der Waals surface area contributed by atoms with Crippen LogP contribution >= 0.6 is 0 Å². The second-order valence-corrected chi connectivity index (χ2v) is 7.52. The number of likely N-dealkylation sites (N-methyl/N-ethyl adjacent to an activating group) is 1. The van der Waals surface area contributed by atoms with Crippen molar-refractivity contribution in [2.75, 3.05) is 27.2 Å². The highest BCUT2D eigenvalue weighted by Gasteiger charge is 2.16. The number of rotatable bonds is 15. The number of carboxylic acids is 1. The van der Waals surface area contributed by atoms with Gasteiger partial charge in [0.05, 0.1) is 19.1 Å². The standard InChI is InChI=1S/C21H31F3N2O4/c1-26(2)14-15(13-19(28)29)25-18(27)9-7-5-3-4-6-8-12-30-17-11-10-16(22)20(23)21(17)24/h10-11,15H,3-9,12-14H2,1-2H3,(H,25,27)(H,28,29). The SMILES string of the molecule is CN(C)CC(CC(=O)O)NC(=O)CCCCCCCCOc1ccc(F)c(F)c1F. The molecule has 30 heavy (non-hydrogen) atoms. The van der Waals surface area contributed by atoms with E-state index in [-0.39, 0.29) is 24.7 Å². The van der Waals surface area contributed by atoms with Crippen molar-refractivity contribution in [3.63, 3.8) is 0 Å². The van der Waals surface area contributed by atoms with Gasteiger partial charge in [0.25, 0.3) is 0 Å². The monoisotopic (exact) mass is 432 g/mol. The fourth-order valence-electron chi connectivity index (χ4n) is 3.01. The number of hydrogen-bond acceptors (Lipinski definition) is 4. The van der Waals surface area contributed by atoms with Crippen LogP contribution in [0.3, 0.4) is 0 Å². The molecule has 0 aliphatic carbocycles. The van der Waals surface area contributed by atoms with Crippen LogP contribution in [0.5, 0.6) is 5.75 Å². The highest BCUT2D eigenvalue weighted by atomic mass is 19.2. The van der Waals surface area contributed by atoms with Gasteiger partial charge in [0.15, 0.2) is 17.4 Å². The molecular weight excluding hydrogens is 401 g/mol. The van der Waals surface area contributed by atoms with Gasteiger partial charge in [0.2, 0.25) is 11.7 Å². The smallest absolute Gasteiger partial charge is 0.305 e. The summed E-state index contributed by atoms with van der Waals surface area (Å²) in [7, 11) is 3.64. The number of hydrogen-bond donors (Lipinski definition) is 2. The van der Waals surface area contributed by atoms with Gasteiger partial charge in [-0.2, -0.15) is 4.39 Å². The van der Waals surface area contributed by atoms with Crippen molar-refractivity contribution in [2.45, 2.75) is 57.4 Å². The molecular formula is C21H31F3N2O4. The summed E-state index contributed by atoms with van der Waals surface area (Å²) >= 11 is 0. The Morgan fingerprint density at radius 2 is 1.67 bits per heavy atom. The molecule has 1 aromatic rings. The van der Waals surface area contributed by atoms with E-state index in [1.807, 2.05) is 19.0 Å². The van der Waals surface area contributed by atoms with Gasteiger partial charge in [-0.05, 0) is 39.1 Å². The van der Waals surface area contributed by atoms with Crippen molar-refractivity contribution < 1.29 is 32.6 Å². The Labute approximate surface area is 175 Å². The topological polar surface area (TPSA) is 78.9 Å². The summed E-state index contributed by atoms with van der Waals surface area (Å²) in [6, 6.07) is 1.48. The minimum absolute atomic E-state index is 0.111. The molecule has 0 bridgehead atoms. The number of nitrogens with one attached hydrogen (secondary N) is 1. The first-order chi connectivity index (χ1) is 14.2. The van der Waals surface area contributed by atoms with Gasteiger partial charge in [-0.15, -0.1) is 0 Å². The molecule has 1 aromatic carbocycles. The lowest BCUT2D eigenvalue weighted by Gasteiger charge is -2.20. The van der Waals surface area contributed by atoms with E-state index in [0.717, 1.165) is 37.8 Å². The molecule has 0 radical (unpaired) electrons. The highest BCUT2D eigenvalue weighted by molar-refractivity contribution is 5.77. The quantitative estimate of drug-likeness (QED) is 0.326. The van der Waals surface area contributed by atoms with Gasteiger partial charge < -0.3 is 20.1 Å². The van der Waals surface area contributed by atoms with Crippen LogP contribution < -0.4 is 10.1 Å². The maximum atomic E-state index is 13.4. The molecule has 0 spiro atoms. The number of benzene rings is 1. The lowest BCUT2D eigenvalue weighted by Crippen LogP contribution is -2.42. The largest absolute Gasteiger partial charge is 0.490 e. The van der Waals surface area contributed by atoms with E-state index < -0.39 is 29.5 Å². The van der Waals surface area contributed by atoms with Crippen LogP contribution in [-0.4, -0.2) is 55.2 Å². The number of aliphatic carboxylic acids is 1. The van der Waals surface area contributed by atoms with E-state index >= 15 is 0 Å². The van der Waals surface area contributed by atoms with Crippen molar-refractivity contribution in [3.8, 4) is 5.75 Å². The average molecular weight is 432 g/mol. The summed E-state index contributed by atoms with van der Waals surface area (Å²) < 4.78 is 44.5. The zero-order valence-electron chi connectivity index (χ0n) is 17.6. The molecule has 1 rings (SSSR count). The van der Waals surface area contributed by atoms with Crippen LogP contribution in [0.15, 0.2) is 12.1 Å². The maximum absolute atomic E-state index is 13.4. The zero-order chi connectivity index (χ0) is 22.5. The van der Waals surface area contributed by atoms with E-state index in [2.05, 4.69) is 5.32 Å². The van der Waals surface area contributed by atoms with Gasteiger partial charge in [-0.3, -0.25) is 9.59 Å². The minimum atomic E-state index is -1.53. The fraction of sp³-hybridized carbons (Fsp3) is 0.619. The summed E-state index contributed by atoms with van der Waals surface area (Å²) in [5.41, 5.74) is 0. The minimum Gasteiger partial charge on any atom is -0.490 e. The Balaban J connectivity index is 2.10. The van der Waals surface area contributed by atoms with Crippen molar-refractivity contribution >= 4 is 11.9 Å². The summed E-state index contributed by atoms with van der Waals surface area (Å²) in [6.07, 6.45) is 5.13. The summed E-state index contributed by atoms with van der Waals surface area (Å²) in [5.74, 6) is -5.49. The second kappa shape index (κ2) is 13.8. The first-order valence-electron chi connectivity index (χ1n) is 10.1. The summed E-state index contributed by atoms with van der Waals surface area (Å²) in [5, 5.41) is 11.7. The van der Waals surface area contributed by atoms with Crippen LogP contribution in [0.25, 0.3) is 0 Å². The van der Waals surface area contributed by atoms with Gasteiger partial charge in [-0.1, -0.05) is 25.7 Å². The van der Waals surface area contributed by atoms with Gasteiger partial charge in [0.1, 0.15) is 0 Å². The Morgan fingerprint density at radius 1 is 1.03 bits per heavy atom. The maximum Gasteiger partial charge on any atom is 0.305 e. The van der Waals surface area contributed by atoms with Crippen LogP contribution in [-0.2, 0) is 9.59 Å². The molecule has 0 heterocycles. The first kappa shape index (κ1) is 25.7. The third-order valence-electron chi connectivity index (χ3n) is 4.43. The van der Waals surface area contributed by atoms with Crippen molar-refractivity contribution in [1.29, 1.82) is 0 Å². The third-order valence-corrected chi connectivity index (χ3v) is 4.43. The number of unbranched alkanes of at least 4 members (excludes halogenated alkanes) is 5. The molecule has 0 aromatic heterocycles. The number of ether oxygens (including phenoxy) is 1. The lowest BCUT2D eigenvalue weighted by molar-refractivity contribution is -0.137. The van der Waals surface area contributed by atoms with Crippen LogP contribution in [0.1, 0.15) is 51.4 Å². The van der Waals surface area contributed by atoms with E-state index in [1.165, 1.54) is 0 Å². The predicted molar refractivity (Wildman–Crippen MR) is 107 cm³/mol. The number of nitrogens with zero attached hydrogens (tertiary/aromatic N) is 1. The van der Waals surface area contributed by atoms with E-state index in [4.69, 9.17) is 9.84 Å². The van der Waals surface area contributed by atoms with E-state index in [0.29, 0.717) is 25.8 Å². The number of carbonyl (C=O) groups excluding carboxylic acids is 1. The summed E-state index contributed by atoms with van der Waals surface area (Å²) in [4.78, 5) is 24.7. The fourth-order valence-corrected chi connectivity index (χ4v) is 3.01. The zero-order valence-corrected chi connectivity index (χ0v) is 17.6. The molecule has 170 valence electrons. The van der Waals surface area contributed by atoms with Crippen molar-refractivity contribution in [1.82, 2.24) is 10.2 Å². The Hall–Kier alpha value is -2.29. The molecule has 0 saturated carbocycles. The molecule has 0 aliphatic heterocycles. The van der Waals surface area contributed by atoms with E-state index in [1.54, 1.807) is 0 Å².